The lowest BCUT2D eigenvalue weighted by Gasteiger charge is -2.23. The van der Waals surface area contributed by atoms with Crippen LogP contribution < -0.4 is 0 Å². The molecule has 31 heavy (non-hydrogen) atoms. The van der Waals surface area contributed by atoms with E-state index in [4.69, 9.17) is 14.6 Å². The monoisotopic (exact) mass is 442 g/mol. The minimum atomic E-state index is -1.01. The lowest BCUT2D eigenvalue weighted by molar-refractivity contribution is -0.0938. The zero-order valence-electron chi connectivity index (χ0n) is 20.1. The second-order valence-corrected chi connectivity index (χ2v) is 9.10. The smallest absolute Gasteiger partial charge is 0.114 e. The quantitative estimate of drug-likeness (QED) is 0.166. The third-order valence-corrected chi connectivity index (χ3v) is 6.20. The summed E-state index contributed by atoms with van der Waals surface area (Å²) in [6.07, 6.45) is 22.5. The molecule has 5 nitrogen and oxygen atoms in total. The van der Waals surface area contributed by atoms with Crippen LogP contribution in [0.4, 0.5) is 0 Å². The van der Waals surface area contributed by atoms with Gasteiger partial charge in [0.1, 0.15) is 24.4 Å². The van der Waals surface area contributed by atoms with Gasteiger partial charge >= 0.3 is 0 Å². The van der Waals surface area contributed by atoms with Crippen molar-refractivity contribution in [3.8, 4) is 0 Å². The van der Waals surface area contributed by atoms with Crippen molar-refractivity contribution in [1.82, 2.24) is 0 Å². The van der Waals surface area contributed by atoms with E-state index in [0.29, 0.717) is 6.61 Å². The molecule has 4 atom stereocenters. The summed E-state index contributed by atoms with van der Waals surface area (Å²) in [4.78, 5) is 0. The van der Waals surface area contributed by atoms with Gasteiger partial charge in [-0.25, -0.2) is 0 Å². The summed E-state index contributed by atoms with van der Waals surface area (Å²) in [5, 5.41) is 28.7. The molecule has 0 unspecified atom stereocenters. The van der Waals surface area contributed by atoms with Crippen LogP contribution >= 0.6 is 0 Å². The maximum Gasteiger partial charge on any atom is 0.114 e. The van der Waals surface area contributed by atoms with Crippen LogP contribution in [-0.4, -0.2) is 59.6 Å². The van der Waals surface area contributed by atoms with Gasteiger partial charge in [0.2, 0.25) is 0 Å². The van der Waals surface area contributed by atoms with Crippen molar-refractivity contribution >= 4 is 0 Å². The largest absolute Gasteiger partial charge is 0.394 e. The minimum absolute atomic E-state index is 0.151. The Balaban J connectivity index is 1.84. The molecule has 0 spiro atoms. The van der Waals surface area contributed by atoms with Crippen LogP contribution in [0.15, 0.2) is 12.2 Å². The Morgan fingerprint density at radius 2 is 1.35 bits per heavy atom. The third-order valence-electron chi connectivity index (χ3n) is 6.20. The minimum Gasteiger partial charge on any atom is -0.394 e. The van der Waals surface area contributed by atoms with Gasteiger partial charge in [-0.2, -0.15) is 0 Å². The van der Waals surface area contributed by atoms with Crippen LogP contribution in [0.25, 0.3) is 0 Å². The fraction of sp³-hybridized carbons (Fsp3) is 0.923. The van der Waals surface area contributed by atoms with Crippen molar-refractivity contribution in [2.24, 2.45) is 0 Å². The first-order valence-corrected chi connectivity index (χ1v) is 13.1. The lowest BCUT2D eigenvalue weighted by Crippen LogP contribution is -2.42. The van der Waals surface area contributed by atoms with Crippen molar-refractivity contribution in [1.29, 1.82) is 0 Å². The Morgan fingerprint density at radius 1 is 0.839 bits per heavy atom. The highest BCUT2D eigenvalue weighted by molar-refractivity contribution is 4.89. The summed E-state index contributed by atoms with van der Waals surface area (Å²) in [6.45, 7) is 2.59. The van der Waals surface area contributed by atoms with E-state index in [0.717, 1.165) is 19.3 Å². The molecule has 5 heteroatoms. The van der Waals surface area contributed by atoms with Crippen molar-refractivity contribution in [3.63, 3.8) is 0 Å². The van der Waals surface area contributed by atoms with Gasteiger partial charge in [0.15, 0.2) is 0 Å². The number of aliphatic hydroxyl groups excluding tert-OH is 3. The SMILES string of the molecule is CCCCCCCCCCCC/C=C/CCCCCCO[C@H]1[C@@H]([C@H](O)CO)OC[C@@H]1O. The fourth-order valence-electron chi connectivity index (χ4n) is 4.18. The van der Waals surface area contributed by atoms with Crippen LogP contribution in [0.3, 0.4) is 0 Å². The average molecular weight is 443 g/mol. The first-order chi connectivity index (χ1) is 15.2. The van der Waals surface area contributed by atoms with Crippen molar-refractivity contribution < 1.29 is 24.8 Å². The van der Waals surface area contributed by atoms with Crippen molar-refractivity contribution in [3.05, 3.63) is 12.2 Å². The third kappa shape index (κ3) is 14.3. The van der Waals surface area contributed by atoms with E-state index in [1.807, 2.05) is 0 Å². The van der Waals surface area contributed by atoms with E-state index in [2.05, 4.69) is 19.1 Å². The topological polar surface area (TPSA) is 79.2 Å². The van der Waals surface area contributed by atoms with Gasteiger partial charge in [0.05, 0.1) is 13.2 Å². The van der Waals surface area contributed by atoms with Crippen molar-refractivity contribution in [2.75, 3.05) is 19.8 Å². The van der Waals surface area contributed by atoms with Crippen LogP contribution in [0, 0.1) is 0 Å². The molecule has 0 saturated carbocycles. The number of hydrogen-bond donors (Lipinski definition) is 3. The summed E-state index contributed by atoms with van der Waals surface area (Å²) < 4.78 is 11.0. The molecule has 1 aliphatic heterocycles. The maximum atomic E-state index is 9.90. The Morgan fingerprint density at radius 3 is 1.90 bits per heavy atom. The Bertz CT molecular complexity index is 415. The van der Waals surface area contributed by atoms with Crippen LogP contribution in [0.5, 0.6) is 0 Å². The van der Waals surface area contributed by atoms with Gasteiger partial charge in [-0.15, -0.1) is 0 Å². The van der Waals surface area contributed by atoms with E-state index in [-0.39, 0.29) is 13.2 Å². The van der Waals surface area contributed by atoms with Gasteiger partial charge in [0.25, 0.3) is 0 Å². The number of allylic oxidation sites excluding steroid dienone is 2. The molecule has 1 rings (SSSR count). The van der Waals surface area contributed by atoms with E-state index < -0.39 is 24.4 Å². The standard InChI is InChI=1S/C26H50O5/c1-2-3-4-5-6-7-8-9-10-11-12-13-14-15-16-17-18-19-20-30-26-24(29)22-31-25(26)23(28)21-27/h13-14,23-29H,2-12,15-22H2,1H3/b14-13+/t23-,24+,25-,26-/m1/s1. The van der Waals surface area contributed by atoms with Gasteiger partial charge < -0.3 is 24.8 Å². The summed E-state index contributed by atoms with van der Waals surface area (Å²) >= 11 is 0. The first kappa shape index (κ1) is 28.6. The van der Waals surface area contributed by atoms with Crippen LogP contribution in [0.1, 0.15) is 110 Å². The zero-order valence-corrected chi connectivity index (χ0v) is 20.1. The van der Waals surface area contributed by atoms with Crippen LogP contribution in [-0.2, 0) is 9.47 Å². The van der Waals surface area contributed by atoms with E-state index in [9.17, 15) is 10.2 Å². The molecule has 0 aromatic carbocycles. The number of ether oxygens (including phenoxy) is 2. The molecule has 0 amide bonds. The van der Waals surface area contributed by atoms with Gasteiger partial charge in [-0.3, -0.25) is 0 Å². The second kappa shape index (κ2) is 20.2. The molecule has 184 valence electrons. The normalized spacial score (nSPS) is 22.5. The van der Waals surface area contributed by atoms with E-state index >= 15 is 0 Å². The van der Waals surface area contributed by atoms with Crippen molar-refractivity contribution in [2.45, 2.75) is 134 Å². The highest BCUT2D eigenvalue weighted by atomic mass is 16.6. The summed E-state index contributed by atoms with van der Waals surface area (Å²) in [7, 11) is 0. The number of unbranched alkanes of at least 4 members (excludes halogenated alkanes) is 14. The molecule has 1 fully saturated rings. The maximum absolute atomic E-state index is 9.90. The number of hydrogen-bond acceptors (Lipinski definition) is 5. The fourth-order valence-corrected chi connectivity index (χ4v) is 4.18. The molecule has 0 aromatic rings. The molecule has 0 aliphatic carbocycles. The van der Waals surface area contributed by atoms with Gasteiger partial charge in [0, 0.05) is 6.61 Å². The molecular weight excluding hydrogens is 392 g/mol. The Kier molecular flexibility index (Phi) is 18.6. The summed E-state index contributed by atoms with van der Waals surface area (Å²) in [5.41, 5.74) is 0. The number of aliphatic hydroxyl groups is 3. The highest BCUT2D eigenvalue weighted by Gasteiger charge is 2.40. The predicted molar refractivity (Wildman–Crippen MR) is 127 cm³/mol. The summed E-state index contributed by atoms with van der Waals surface area (Å²) in [5.74, 6) is 0. The molecule has 1 aliphatic rings. The van der Waals surface area contributed by atoms with E-state index in [1.54, 1.807) is 0 Å². The average Bonchev–Trinajstić information content (AvgIpc) is 3.15. The molecule has 0 aromatic heterocycles. The molecule has 1 saturated heterocycles. The predicted octanol–water partition coefficient (Wildman–Crippen LogP) is 5.30. The summed E-state index contributed by atoms with van der Waals surface area (Å²) in [6, 6.07) is 0. The number of rotatable bonds is 21. The van der Waals surface area contributed by atoms with Gasteiger partial charge in [-0.1, -0.05) is 89.7 Å². The molecule has 0 bridgehead atoms. The van der Waals surface area contributed by atoms with Gasteiger partial charge in [-0.05, 0) is 32.1 Å². The molecule has 3 N–H and O–H groups in total. The molecular formula is C26H50O5. The Labute approximate surface area is 191 Å². The Hall–Kier alpha value is -0.460. The zero-order chi connectivity index (χ0) is 22.6. The van der Waals surface area contributed by atoms with E-state index in [1.165, 1.54) is 83.5 Å². The van der Waals surface area contributed by atoms with Crippen LogP contribution in [0.2, 0.25) is 0 Å². The highest BCUT2D eigenvalue weighted by Crippen LogP contribution is 2.21. The first-order valence-electron chi connectivity index (χ1n) is 13.1. The molecule has 0 radical (unpaired) electrons. The molecule has 1 heterocycles. The second-order valence-electron chi connectivity index (χ2n) is 9.10. The lowest BCUT2D eigenvalue weighted by atomic mass is 10.1.